The minimum atomic E-state index is -0.239. The van der Waals surface area contributed by atoms with Crippen molar-refractivity contribution in [2.75, 3.05) is 11.1 Å². The first-order valence-electron chi connectivity index (χ1n) is 6.28. The second-order valence-corrected chi connectivity index (χ2v) is 5.83. The fourth-order valence-corrected chi connectivity index (χ4v) is 2.69. The molecule has 3 N–H and O–H groups in total. The van der Waals surface area contributed by atoms with Crippen LogP contribution in [0, 0.1) is 11.2 Å². The van der Waals surface area contributed by atoms with Crippen LogP contribution in [0.1, 0.15) is 39.5 Å². The van der Waals surface area contributed by atoms with Crippen LogP contribution < -0.4 is 11.1 Å². The number of rotatable bonds is 2. The summed E-state index contributed by atoms with van der Waals surface area (Å²) in [6.45, 7) is 4.57. The molecule has 0 aromatic heterocycles. The van der Waals surface area contributed by atoms with E-state index in [-0.39, 0.29) is 5.82 Å². The van der Waals surface area contributed by atoms with Gasteiger partial charge in [-0.3, -0.25) is 0 Å². The molecule has 0 aliphatic heterocycles. The van der Waals surface area contributed by atoms with Gasteiger partial charge in [-0.25, -0.2) is 4.39 Å². The van der Waals surface area contributed by atoms with Crippen molar-refractivity contribution >= 4 is 11.4 Å². The smallest absolute Gasteiger partial charge is 0.125 e. The molecule has 1 aliphatic rings. The van der Waals surface area contributed by atoms with Gasteiger partial charge in [0.05, 0.1) is 11.4 Å². The Balaban J connectivity index is 2.07. The van der Waals surface area contributed by atoms with Gasteiger partial charge in [0.15, 0.2) is 0 Å². The maximum absolute atomic E-state index is 13.2. The predicted octanol–water partition coefficient (Wildman–Crippen LogP) is 3.79. The van der Waals surface area contributed by atoms with Crippen molar-refractivity contribution in [3.63, 3.8) is 0 Å². The summed E-state index contributed by atoms with van der Waals surface area (Å²) < 4.78 is 13.2. The number of hydrogen-bond acceptors (Lipinski definition) is 2. The SMILES string of the molecule is CC1(C)CCCC(Nc2cc(F)ccc2N)C1. The normalized spacial score (nSPS) is 23.4. The van der Waals surface area contributed by atoms with Crippen LogP contribution in [0.15, 0.2) is 18.2 Å². The molecule has 2 nitrogen and oxygen atoms in total. The topological polar surface area (TPSA) is 38.0 Å². The van der Waals surface area contributed by atoms with Crippen LogP contribution in [0.25, 0.3) is 0 Å². The zero-order valence-electron chi connectivity index (χ0n) is 10.6. The minimum Gasteiger partial charge on any atom is -0.397 e. The van der Waals surface area contributed by atoms with Gasteiger partial charge in [0.1, 0.15) is 5.82 Å². The Hall–Kier alpha value is -1.25. The van der Waals surface area contributed by atoms with Crippen LogP contribution in [-0.2, 0) is 0 Å². The summed E-state index contributed by atoms with van der Waals surface area (Å²) >= 11 is 0. The van der Waals surface area contributed by atoms with Gasteiger partial charge in [0, 0.05) is 6.04 Å². The second kappa shape index (κ2) is 4.55. The predicted molar refractivity (Wildman–Crippen MR) is 70.5 cm³/mol. The van der Waals surface area contributed by atoms with Crippen molar-refractivity contribution < 1.29 is 4.39 Å². The quantitative estimate of drug-likeness (QED) is 0.767. The van der Waals surface area contributed by atoms with Gasteiger partial charge in [-0.1, -0.05) is 20.3 Å². The fraction of sp³-hybridized carbons (Fsp3) is 0.571. The van der Waals surface area contributed by atoms with E-state index >= 15 is 0 Å². The van der Waals surface area contributed by atoms with Crippen molar-refractivity contribution in [3.05, 3.63) is 24.0 Å². The molecule has 2 rings (SSSR count). The molecule has 0 spiro atoms. The van der Waals surface area contributed by atoms with Crippen molar-refractivity contribution in [2.24, 2.45) is 5.41 Å². The van der Waals surface area contributed by atoms with Gasteiger partial charge < -0.3 is 11.1 Å². The van der Waals surface area contributed by atoms with E-state index in [1.165, 1.54) is 25.0 Å². The maximum atomic E-state index is 13.2. The first-order chi connectivity index (χ1) is 7.96. The third kappa shape index (κ3) is 3.11. The van der Waals surface area contributed by atoms with Crippen molar-refractivity contribution in [1.82, 2.24) is 0 Å². The highest BCUT2D eigenvalue weighted by atomic mass is 19.1. The number of anilines is 2. The Morgan fingerprint density at radius 1 is 1.41 bits per heavy atom. The number of nitrogens with one attached hydrogen (secondary N) is 1. The Kier molecular flexibility index (Phi) is 3.27. The van der Waals surface area contributed by atoms with Crippen molar-refractivity contribution in [2.45, 2.75) is 45.6 Å². The van der Waals surface area contributed by atoms with Gasteiger partial charge in [0.25, 0.3) is 0 Å². The largest absolute Gasteiger partial charge is 0.397 e. The summed E-state index contributed by atoms with van der Waals surface area (Å²) in [6, 6.07) is 4.90. The van der Waals surface area contributed by atoms with Gasteiger partial charge in [-0.15, -0.1) is 0 Å². The fourth-order valence-electron chi connectivity index (χ4n) is 2.69. The lowest BCUT2D eigenvalue weighted by Crippen LogP contribution is -2.32. The highest BCUT2D eigenvalue weighted by Crippen LogP contribution is 2.36. The van der Waals surface area contributed by atoms with Crippen LogP contribution >= 0.6 is 0 Å². The van der Waals surface area contributed by atoms with Gasteiger partial charge in [-0.2, -0.15) is 0 Å². The molecule has 94 valence electrons. The summed E-state index contributed by atoms with van der Waals surface area (Å²) in [5, 5.41) is 3.38. The molecule has 1 aromatic carbocycles. The number of nitrogens with two attached hydrogens (primary N) is 1. The van der Waals surface area contributed by atoms with E-state index in [0.29, 0.717) is 17.1 Å². The Labute approximate surface area is 102 Å². The first-order valence-corrected chi connectivity index (χ1v) is 6.28. The lowest BCUT2D eigenvalue weighted by molar-refractivity contribution is 0.229. The molecule has 0 saturated heterocycles. The monoisotopic (exact) mass is 236 g/mol. The lowest BCUT2D eigenvalue weighted by atomic mass is 9.75. The zero-order chi connectivity index (χ0) is 12.5. The molecule has 1 aromatic rings. The standard InChI is InChI=1S/C14H21FN2/c1-14(2)7-3-4-11(9-14)17-13-8-10(15)5-6-12(13)16/h5-6,8,11,17H,3-4,7,9,16H2,1-2H3. The van der Waals surface area contributed by atoms with Gasteiger partial charge in [-0.05, 0) is 42.9 Å². The average Bonchev–Trinajstić information content (AvgIpc) is 2.22. The molecule has 1 fully saturated rings. The van der Waals surface area contributed by atoms with E-state index in [1.807, 2.05) is 0 Å². The summed E-state index contributed by atoms with van der Waals surface area (Å²) in [6.07, 6.45) is 4.74. The van der Waals surface area contributed by atoms with E-state index in [4.69, 9.17) is 5.73 Å². The summed E-state index contributed by atoms with van der Waals surface area (Å²) in [5.74, 6) is -0.239. The molecule has 0 bridgehead atoms. The van der Waals surface area contributed by atoms with Crippen LogP contribution in [0.2, 0.25) is 0 Å². The Bertz CT molecular complexity index is 401. The third-order valence-corrected chi connectivity index (χ3v) is 3.58. The minimum absolute atomic E-state index is 0.239. The molecule has 0 heterocycles. The molecule has 1 atom stereocenters. The van der Waals surface area contributed by atoms with Crippen LogP contribution in [-0.4, -0.2) is 6.04 Å². The van der Waals surface area contributed by atoms with Crippen LogP contribution in [0.3, 0.4) is 0 Å². The Morgan fingerprint density at radius 2 is 2.18 bits per heavy atom. The molecule has 1 aliphatic carbocycles. The van der Waals surface area contributed by atoms with Crippen LogP contribution in [0.4, 0.5) is 15.8 Å². The van der Waals surface area contributed by atoms with E-state index in [0.717, 1.165) is 18.5 Å². The molecule has 1 saturated carbocycles. The average molecular weight is 236 g/mol. The molecule has 3 heteroatoms. The summed E-state index contributed by atoms with van der Waals surface area (Å²) in [5.41, 5.74) is 7.57. The highest BCUT2D eigenvalue weighted by Gasteiger charge is 2.28. The van der Waals surface area contributed by atoms with Crippen LogP contribution in [0.5, 0.6) is 0 Å². The van der Waals surface area contributed by atoms with Crippen molar-refractivity contribution in [1.29, 1.82) is 0 Å². The molecule has 1 unspecified atom stereocenters. The van der Waals surface area contributed by atoms with E-state index in [1.54, 1.807) is 6.07 Å². The third-order valence-electron chi connectivity index (χ3n) is 3.58. The molecular formula is C14H21FN2. The molecule has 0 amide bonds. The summed E-state index contributed by atoms with van der Waals surface area (Å²) in [4.78, 5) is 0. The first kappa shape index (κ1) is 12.2. The van der Waals surface area contributed by atoms with Gasteiger partial charge in [0.2, 0.25) is 0 Å². The van der Waals surface area contributed by atoms with E-state index in [2.05, 4.69) is 19.2 Å². The number of hydrogen-bond donors (Lipinski definition) is 2. The second-order valence-electron chi connectivity index (χ2n) is 5.83. The molecular weight excluding hydrogens is 215 g/mol. The summed E-state index contributed by atoms with van der Waals surface area (Å²) in [7, 11) is 0. The molecule has 17 heavy (non-hydrogen) atoms. The number of halogens is 1. The Morgan fingerprint density at radius 3 is 2.88 bits per heavy atom. The van der Waals surface area contributed by atoms with Crippen molar-refractivity contribution in [3.8, 4) is 0 Å². The number of benzene rings is 1. The lowest BCUT2D eigenvalue weighted by Gasteiger charge is -2.36. The number of nitrogen functional groups attached to an aromatic ring is 1. The highest BCUT2D eigenvalue weighted by molar-refractivity contribution is 5.66. The maximum Gasteiger partial charge on any atom is 0.125 e. The van der Waals surface area contributed by atoms with E-state index in [9.17, 15) is 4.39 Å². The molecule has 0 radical (unpaired) electrons. The van der Waals surface area contributed by atoms with E-state index < -0.39 is 0 Å². The zero-order valence-corrected chi connectivity index (χ0v) is 10.6. The van der Waals surface area contributed by atoms with Gasteiger partial charge >= 0.3 is 0 Å².